The van der Waals surface area contributed by atoms with Crippen LogP contribution in [-0.4, -0.2) is 38.6 Å². The highest BCUT2D eigenvalue weighted by molar-refractivity contribution is 9.10. The number of nitrogens with one attached hydrogen (secondary N) is 2. The van der Waals surface area contributed by atoms with Gasteiger partial charge in [-0.25, -0.2) is 4.39 Å². The van der Waals surface area contributed by atoms with Crippen LogP contribution in [0.2, 0.25) is 0 Å². The molecule has 116 valence electrons. The zero-order valence-corrected chi connectivity index (χ0v) is 13.1. The topological polar surface area (TPSA) is 93.5 Å². The molecule has 4 N–H and O–H groups in total. The Morgan fingerprint density at radius 1 is 1.33 bits per heavy atom. The molecule has 1 aromatic rings. The first-order valence-corrected chi connectivity index (χ1v) is 7.03. The van der Waals surface area contributed by atoms with Crippen molar-refractivity contribution in [3.05, 3.63) is 28.0 Å². The largest absolute Gasteiger partial charge is 0.396 e. The lowest BCUT2D eigenvalue weighted by Crippen LogP contribution is -2.32. The van der Waals surface area contributed by atoms with Crippen molar-refractivity contribution in [2.75, 3.05) is 32.5 Å². The molecule has 8 heteroatoms. The van der Waals surface area contributed by atoms with Crippen molar-refractivity contribution in [3.63, 3.8) is 0 Å². The van der Waals surface area contributed by atoms with Gasteiger partial charge in [0.1, 0.15) is 5.82 Å². The number of anilines is 1. The summed E-state index contributed by atoms with van der Waals surface area (Å²) in [4.78, 5) is 23.3. The van der Waals surface area contributed by atoms with Crippen LogP contribution in [-0.2, 0) is 9.53 Å². The van der Waals surface area contributed by atoms with E-state index < -0.39 is 11.7 Å². The predicted octanol–water partition coefficient (Wildman–Crippen LogP) is 1.05. The van der Waals surface area contributed by atoms with Crippen LogP contribution in [0.25, 0.3) is 0 Å². The SMILES string of the molecule is COCCNC(=O)CCNC(=O)c1cc(N)c(F)cc1Br. The average Bonchev–Trinajstić information content (AvgIpc) is 2.43. The van der Waals surface area contributed by atoms with E-state index in [0.29, 0.717) is 17.6 Å². The number of carbonyl (C=O) groups is 2. The fourth-order valence-electron chi connectivity index (χ4n) is 1.51. The minimum atomic E-state index is -0.601. The average molecular weight is 362 g/mol. The molecule has 21 heavy (non-hydrogen) atoms. The van der Waals surface area contributed by atoms with Gasteiger partial charge in [-0.05, 0) is 28.1 Å². The van der Waals surface area contributed by atoms with E-state index in [-0.39, 0.29) is 30.1 Å². The molecule has 0 spiro atoms. The van der Waals surface area contributed by atoms with E-state index in [9.17, 15) is 14.0 Å². The molecule has 0 aromatic heterocycles. The number of amides is 2. The summed E-state index contributed by atoms with van der Waals surface area (Å²) in [6.07, 6.45) is 0.143. The van der Waals surface area contributed by atoms with Crippen molar-refractivity contribution in [3.8, 4) is 0 Å². The quantitative estimate of drug-likeness (QED) is 0.499. The van der Waals surface area contributed by atoms with Gasteiger partial charge in [-0.15, -0.1) is 0 Å². The fraction of sp³-hybridized carbons (Fsp3) is 0.385. The smallest absolute Gasteiger partial charge is 0.252 e. The van der Waals surface area contributed by atoms with Crippen molar-refractivity contribution in [1.82, 2.24) is 10.6 Å². The number of benzene rings is 1. The second-order valence-corrected chi connectivity index (χ2v) is 5.06. The molecule has 0 saturated heterocycles. The highest BCUT2D eigenvalue weighted by Gasteiger charge is 2.13. The number of carbonyl (C=O) groups excluding carboxylic acids is 2. The van der Waals surface area contributed by atoms with Gasteiger partial charge < -0.3 is 21.1 Å². The Bertz CT molecular complexity index is 526. The van der Waals surface area contributed by atoms with Crippen molar-refractivity contribution in [2.24, 2.45) is 0 Å². The number of halogens is 2. The Hall–Kier alpha value is -1.67. The van der Waals surface area contributed by atoms with Crippen LogP contribution in [0, 0.1) is 5.82 Å². The van der Waals surface area contributed by atoms with E-state index in [1.165, 1.54) is 6.07 Å². The van der Waals surface area contributed by atoms with Crippen LogP contribution in [0.4, 0.5) is 10.1 Å². The van der Waals surface area contributed by atoms with Crippen LogP contribution >= 0.6 is 15.9 Å². The fourth-order valence-corrected chi connectivity index (χ4v) is 2.00. The predicted molar refractivity (Wildman–Crippen MR) is 80.3 cm³/mol. The normalized spacial score (nSPS) is 10.2. The number of methoxy groups -OCH3 is 1. The van der Waals surface area contributed by atoms with Gasteiger partial charge in [0.15, 0.2) is 0 Å². The number of hydrogen-bond acceptors (Lipinski definition) is 4. The highest BCUT2D eigenvalue weighted by Crippen LogP contribution is 2.22. The zero-order valence-electron chi connectivity index (χ0n) is 11.5. The molecule has 0 aliphatic heterocycles. The molecule has 0 heterocycles. The van der Waals surface area contributed by atoms with Gasteiger partial charge in [0, 0.05) is 31.1 Å². The summed E-state index contributed by atoms with van der Waals surface area (Å²) in [5.74, 6) is -1.22. The van der Waals surface area contributed by atoms with Crippen LogP contribution < -0.4 is 16.4 Å². The van der Waals surface area contributed by atoms with Gasteiger partial charge in [0.05, 0.1) is 17.9 Å². The molecular weight excluding hydrogens is 345 g/mol. The molecule has 1 rings (SSSR count). The zero-order chi connectivity index (χ0) is 15.8. The Morgan fingerprint density at radius 3 is 2.71 bits per heavy atom. The molecular formula is C13H17BrFN3O3. The molecule has 0 radical (unpaired) electrons. The van der Waals surface area contributed by atoms with E-state index in [0.717, 1.165) is 6.07 Å². The van der Waals surface area contributed by atoms with Gasteiger partial charge in [-0.3, -0.25) is 9.59 Å². The molecule has 0 saturated carbocycles. The van der Waals surface area contributed by atoms with Crippen LogP contribution in [0.3, 0.4) is 0 Å². The summed E-state index contributed by atoms with van der Waals surface area (Å²) in [5.41, 5.74) is 5.53. The molecule has 0 atom stereocenters. The summed E-state index contributed by atoms with van der Waals surface area (Å²) in [5, 5.41) is 5.20. The summed E-state index contributed by atoms with van der Waals surface area (Å²) >= 11 is 3.10. The van der Waals surface area contributed by atoms with E-state index in [4.69, 9.17) is 10.5 Å². The number of nitrogens with two attached hydrogens (primary N) is 1. The number of nitrogen functional groups attached to an aromatic ring is 1. The summed E-state index contributed by atoms with van der Waals surface area (Å²) in [6, 6.07) is 2.37. The minimum absolute atomic E-state index is 0.111. The maximum absolute atomic E-state index is 13.2. The van der Waals surface area contributed by atoms with Crippen molar-refractivity contribution < 1.29 is 18.7 Å². The van der Waals surface area contributed by atoms with Gasteiger partial charge in [-0.1, -0.05) is 0 Å². The molecule has 1 aromatic carbocycles. The first kappa shape index (κ1) is 17.4. The maximum atomic E-state index is 13.2. The lowest BCUT2D eigenvalue weighted by Gasteiger charge is -2.08. The number of hydrogen-bond donors (Lipinski definition) is 3. The first-order chi connectivity index (χ1) is 9.95. The molecule has 0 fully saturated rings. The minimum Gasteiger partial charge on any atom is -0.396 e. The van der Waals surface area contributed by atoms with Gasteiger partial charge in [0.25, 0.3) is 5.91 Å². The molecule has 0 aliphatic rings. The number of ether oxygens (including phenoxy) is 1. The Kier molecular flexibility index (Phi) is 7.10. The lowest BCUT2D eigenvalue weighted by atomic mass is 10.2. The summed E-state index contributed by atoms with van der Waals surface area (Å²) in [7, 11) is 1.54. The van der Waals surface area contributed by atoms with Crippen molar-refractivity contribution in [2.45, 2.75) is 6.42 Å². The standard InChI is InChI=1S/C13H17BrFN3O3/c1-21-5-4-17-12(19)2-3-18-13(20)8-6-11(16)10(15)7-9(8)14/h6-7H,2-5,16H2,1H3,(H,17,19)(H,18,20). The summed E-state index contributed by atoms with van der Waals surface area (Å²) < 4.78 is 18.3. The molecule has 2 amide bonds. The highest BCUT2D eigenvalue weighted by atomic mass is 79.9. The Balaban J connectivity index is 2.44. The molecule has 0 aliphatic carbocycles. The van der Waals surface area contributed by atoms with E-state index in [1.54, 1.807) is 7.11 Å². The molecule has 6 nitrogen and oxygen atoms in total. The lowest BCUT2D eigenvalue weighted by molar-refractivity contribution is -0.121. The van der Waals surface area contributed by atoms with Crippen molar-refractivity contribution >= 4 is 33.4 Å². The molecule has 0 bridgehead atoms. The summed E-state index contributed by atoms with van der Waals surface area (Å²) in [6.45, 7) is 1.02. The van der Waals surface area contributed by atoms with Crippen LogP contribution in [0.5, 0.6) is 0 Å². The first-order valence-electron chi connectivity index (χ1n) is 6.24. The van der Waals surface area contributed by atoms with Gasteiger partial charge in [0.2, 0.25) is 5.91 Å². The van der Waals surface area contributed by atoms with E-state index in [1.807, 2.05) is 0 Å². The van der Waals surface area contributed by atoms with Gasteiger partial charge >= 0.3 is 0 Å². The molecule has 0 unspecified atom stereocenters. The van der Waals surface area contributed by atoms with Crippen LogP contribution in [0.15, 0.2) is 16.6 Å². The monoisotopic (exact) mass is 361 g/mol. The van der Waals surface area contributed by atoms with Crippen molar-refractivity contribution in [1.29, 1.82) is 0 Å². The second kappa shape index (κ2) is 8.58. The second-order valence-electron chi connectivity index (χ2n) is 4.20. The Labute approximate surface area is 130 Å². The van der Waals surface area contributed by atoms with E-state index >= 15 is 0 Å². The van der Waals surface area contributed by atoms with Gasteiger partial charge in [-0.2, -0.15) is 0 Å². The third kappa shape index (κ3) is 5.68. The van der Waals surface area contributed by atoms with E-state index in [2.05, 4.69) is 26.6 Å². The van der Waals surface area contributed by atoms with Crippen LogP contribution in [0.1, 0.15) is 16.8 Å². The Morgan fingerprint density at radius 2 is 2.05 bits per heavy atom. The third-order valence-electron chi connectivity index (χ3n) is 2.60. The third-order valence-corrected chi connectivity index (χ3v) is 3.25. The maximum Gasteiger partial charge on any atom is 0.252 e. The number of rotatable bonds is 7.